The number of carbonyl (C=O) groups excluding carboxylic acids is 1. The summed E-state index contributed by atoms with van der Waals surface area (Å²) in [5.74, 6) is -0.254. The summed E-state index contributed by atoms with van der Waals surface area (Å²) in [6, 6.07) is 7.14. The topological polar surface area (TPSA) is 70.9 Å². The van der Waals surface area contributed by atoms with E-state index >= 15 is 0 Å². The zero-order valence-electron chi connectivity index (χ0n) is 9.51. The zero-order chi connectivity index (χ0) is 13.2. The molecule has 0 radical (unpaired) electrons. The van der Waals surface area contributed by atoms with Crippen LogP contribution in [0.4, 0.5) is 0 Å². The molecule has 2 N–H and O–H groups in total. The molecular weight excluding hydrogens is 286 g/mol. The molecule has 0 aliphatic carbocycles. The molecule has 1 amide bonds. The number of nitrogens with zero attached hydrogens (tertiary/aromatic N) is 1. The summed E-state index contributed by atoms with van der Waals surface area (Å²) in [5, 5.41) is 1.90. The van der Waals surface area contributed by atoms with Crippen LogP contribution in [0.15, 0.2) is 46.4 Å². The molecule has 3 aromatic rings. The Hall–Kier alpha value is -1.92. The van der Waals surface area contributed by atoms with Crippen molar-refractivity contribution in [3.05, 3.63) is 47.4 Å². The molecule has 0 saturated carbocycles. The zero-order valence-corrected chi connectivity index (χ0v) is 11.1. The van der Waals surface area contributed by atoms with Gasteiger partial charge >= 0.3 is 0 Å². The summed E-state index contributed by atoms with van der Waals surface area (Å²) < 4.78 is 7.64. The fraction of sp³-hybridized carbons (Fsp3) is 0. The number of hydrogen-bond donors (Lipinski definition) is 2. The number of aromatic amines is 1. The standard InChI is InChI=1S/C12H8ClN3O2S/c13-8-1-2-9-7(5-8)6-10(15-9)11(17)16-19-12-14-3-4-18-12/h1-6,15H,(H,16,17). The van der Waals surface area contributed by atoms with Crippen LogP contribution in [0.3, 0.4) is 0 Å². The third-order valence-corrected chi connectivity index (χ3v) is 3.37. The van der Waals surface area contributed by atoms with Gasteiger partial charge in [-0.05, 0) is 24.3 Å². The van der Waals surface area contributed by atoms with Gasteiger partial charge in [-0.25, -0.2) is 4.98 Å². The Morgan fingerprint density at radius 1 is 1.42 bits per heavy atom. The van der Waals surface area contributed by atoms with E-state index in [1.165, 1.54) is 12.5 Å². The Balaban J connectivity index is 1.77. The minimum absolute atomic E-state index is 0.254. The number of rotatable bonds is 3. The first kappa shape index (κ1) is 12.1. The molecule has 2 aromatic heterocycles. The van der Waals surface area contributed by atoms with Crippen molar-refractivity contribution >= 4 is 40.4 Å². The fourth-order valence-corrected chi connectivity index (χ4v) is 2.32. The maximum absolute atomic E-state index is 11.9. The summed E-state index contributed by atoms with van der Waals surface area (Å²) in [6.07, 6.45) is 2.96. The van der Waals surface area contributed by atoms with Crippen LogP contribution in [0.5, 0.6) is 0 Å². The van der Waals surface area contributed by atoms with E-state index in [0.717, 1.165) is 22.9 Å². The lowest BCUT2D eigenvalue weighted by molar-refractivity contribution is 0.0980. The summed E-state index contributed by atoms with van der Waals surface area (Å²) in [7, 11) is 0. The molecule has 96 valence electrons. The number of halogens is 1. The number of aromatic nitrogens is 2. The predicted molar refractivity (Wildman–Crippen MR) is 73.1 cm³/mol. The predicted octanol–water partition coefficient (Wildman–Crippen LogP) is 3.25. The van der Waals surface area contributed by atoms with Gasteiger partial charge in [0.1, 0.15) is 12.0 Å². The molecule has 7 heteroatoms. The molecule has 0 spiro atoms. The van der Waals surface area contributed by atoms with Gasteiger partial charge in [-0.1, -0.05) is 11.6 Å². The number of benzene rings is 1. The number of hydrogen-bond acceptors (Lipinski definition) is 4. The van der Waals surface area contributed by atoms with E-state index in [4.69, 9.17) is 16.0 Å². The van der Waals surface area contributed by atoms with Gasteiger partial charge < -0.3 is 9.40 Å². The summed E-state index contributed by atoms with van der Waals surface area (Å²) in [5.41, 5.74) is 1.31. The lowest BCUT2D eigenvalue weighted by atomic mass is 10.2. The highest BCUT2D eigenvalue weighted by atomic mass is 35.5. The van der Waals surface area contributed by atoms with Crippen LogP contribution >= 0.6 is 23.5 Å². The number of amides is 1. The van der Waals surface area contributed by atoms with Crippen molar-refractivity contribution in [2.24, 2.45) is 0 Å². The van der Waals surface area contributed by atoms with E-state index in [2.05, 4.69) is 14.7 Å². The van der Waals surface area contributed by atoms with E-state index in [0.29, 0.717) is 15.9 Å². The van der Waals surface area contributed by atoms with Gasteiger partial charge in [-0.15, -0.1) is 0 Å². The lowest BCUT2D eigenvalue weighted by Gasteiger charge is -1.98. The van der Waals surface area contributed by atoms with E-state index in [1.807, 2.05) is 6.07 Å². The second kappa shape index (κ2) is 4.99. The Morgan fingerprint density at radius 3 is 3.11 bits per heavy atom. The third-order valence-electron chi connectivity index (χ3n) is 2.47. The van der Waals surface area contributed by atoms with Crippen molar-refractivity contribution in [1.29, 1.82) is 0 Å². The SMILES string of the molecule is O=C(NSc1ncco1)c1cc2cc(Cl)ccc2[nH]1. The summed E-state index contributed by atoms with van der Waals surface area (Å²) in [4.78, 5) is 18.8. The normalized spacial score (nSPS) is 10.8. The van der Waals surface area contributed by atoms with Gasteiger partial charge in [-0.2, -0.15) is 0 Å². The quantitative estimate of drug-likeness (QED) is 0.727. The second-order valence-corrected chi connectivity index (χ2v) is 4.94. The Bertz CT molecular complexity index is 724. The Morgan fingerprint density at radius 2 is 2.32 bits per heavy atom. The number of oxazole rings is 1. The average Bonchev–Trinajstić information content (AvgIpc) is 3.04. The number of H-pyrrole nitrogens is 1. The van der Waals surface area contributed by atoms with Gasteiger partial charge in [0.2, 0.25) is 0 Å². The first-order valence-corrected chi connectivity index (χ1v) is 6.57. The lowest BCUT2D eigenvalue weighted by Crippen LogP contribution is -2.15. The highest BCUT2D eigenvalue weighted by Crippen LogP contribution is 2.20. The van der Waals surface area contributed by atoms with E-state index < -0.39 is 0 Å². The number of fused-ring (bicyclic) bond motifs is 1. The van der Waals surface area contributed by atoms with Crippen molar-refractivity contribution in [1.82, 2.24) is 14.7 Å². The fourth-order valence-electron chi connectivity index (χ4n) is 1.63. The molecule has 3 rings (SSSR count). The molecule has 5 nitrogen and oxygen atoms in total. The molecule has 0 atom stereocenters. The van der Waals surface area contributed by atoms with Crippen LogP contribution in [0, 0.1) is 0 Å². The molecule has 0 aliphatic rings. The van der Waals surface area contributed by atoms with Gasteiger partial charge in [0.15, 0.2) is 0 Å². The Labute approximate surface area is 117 Å². The largest absolute Gasteiger partial charge is 0.439 e. The van der Waals surface area contributed by atoms with Crippen LogP contribution in [-0.2, 0) is 0 Å². The minimum Gasteiger partial charge on any atom is -0.439 e. The first-order valence-electron chi connectivity index (χ1n) is 5.37. The molecule has 0 saturated heterocycles. The van der Waals surface area contributed by atoms with Crippen LogP contribution < -0.4 is 4.72 Å². The van der Waals surface area contributed by atoms with E-state index in [1.54, 1.807) is 18.2 Å². The average molecular weight is 294 g/mol. The summed E-state index contributed by atoms with van der Waals surface area (Å²) in [6.45, 7) is 0. The molecule has 0 aliphatic heterocycles. The minimum atomic E-state index is -0.254. The molecule has 0 bridgehead atoms. The molecule has 0 unspecified atom stereocenters. The number of nitrogens with one attached hydrogen (secondary N) is 2. The van der Waals surface area contributed by atoms with Crippen molar-refractivity contribution in [3.63, 3.8) is 0 Å². The second-order valence-electron chi connectivity index (χ2n) is 3.75. The highest BCUT2D eigenvalue weighted by molar-refractivity contribution is 7.97. The van der Waals surface area contributed by atoms with E-state index in [9.17, 15) is 4.79 Å². The van der Waals surface area contributed by atoms with Crippen molar-refractivity contribution in [2.45, 2.75) is 5.22 Å². The third kappa shape index (κ3) is 2.59. The highest BCUT2D eigenvalue weighted by Gasteiger charge is 2.11. The summed E-state index contributed by atoms with van der Waals surface area (Å²) >= 11 is 6.92. The van der Waals surface area contributed by atoms with Crippen LogP contribution in [-0.4, -0.2) is 15.9 Å². The number of carbonyl (C=O) groups is 1. The molecule has 1 aromatic carbocycles. The van der Waals surface area contributed by atoms with Crippen molar-refractivity contribution in [3.8, 4) is 0 Å². The van der Waals surface area contributed by atoms with Gasteiger partial charge in [0.25, 0.3) is 11.1 Å². The molecule has 0 fully saturated rings. The Kier molecular flexibility index (Phi) is 3.18. The van der Waals surface area contributed by atoms with Crippen molar-refractivity contribution < 1.29 is 9.21 Å². The molecular formula is C12H8ClN3O2S. The van der Waals surface area contributed by atoms with E-state index in [-0.39, 0.29) is 5.91 Å². The smallest absolute Gasteiger partial charge is 0.277 e. The monoisotopic (exact) mass is 293 g/mol. The van der Waals surface area contributed by atoms with Crippen LogP contribution in [0.1, 0.15) is 10.5 Å². The van der Waals surface area contributed by atoms with Gasteiger partial charge in [0, 0.05) is 27.9 Å². The van der Waals surface area contributed by atoms with Gasteiger partial charge in [-0.3, -0.25) is 9.52 Å². The van der Waals surface area contributed by atoms with Crippen LogP contribution in [0.25, 0.3) is 10.9 Å². The first-order chi connectivity index (χ1) is 9.22. The molecule has 2 heterocycles. The van der Waals surface area contributed by atoms with Crippen molar-refractivity contribution in [2.75, 3.05) is 0 Å². The maximum Gasteiger partial charge on any atom is 0.277 e. The molecule has 19 heavy (non-hydrogen) atoms. The maximum atomic E-state index is 11.9. The van der Waals surface area contributed by atoms with Crippen LogP contribution in [0.2, 0.25) is 5.02 Å². The van der Waals surface area contributed by atoms with Gasteiger partial charge in [0.05, 0.1) is 6.20 Å².